The van der Waals surface area contributed by atoms with Crippen molar-refractivity contribution in [2.45, 2.75) is 45.7 Å². The van der Waals surface area contributed by atoms with Crippen LogP contribution in [0.4, 0.5) is 4.79 Å². The van der Waals surface area contributed by atoms with Gasteiger partial charge in [-0.25, -0.2) is 4.79 Å². The summed E-state index contributed by atoms with van der Waals surface area (Å²) < 4.78 is 0. The minimum atomic E-state index is -0.811. The van der Waals surface area contributed by atoms with Gasteiger partial charge in [0.1, 0.15) is 6.54 Å². The highest BCUT2D eigenvalue weighted by atomic mass is 16.2. The Bertz CT molecular complexity index is 503. The van der Waals surface area contributed by atoms with Crippen molar-refractivity contribution in [3.63, 3.8) is 0 Å². The lowest BCUT2D eigenvalue weighted by molar-refractivity contribution is -0.908. The molecule has 0 saturated carbocycles. The highest BCUT2D eigenvalue weighted by Crippen LogP contribution is 2.21. The molecule has 0 fully saturated rings. The van der Waals surface area contributed by atoms with Crippen LogP contribution < -0.4 is 16.0 Å². The van der Waals surface area contributed by atoms with Gasteiger partial charge in [-0.2, -0.15) is 0 Å². The zero-order chi connectivity index (χ0) is 16.2. The van der Waals surface area contributed by atoms with Crippen molar-refractivity contribution in [1.82, 2.24) is 5.32 Å². The number of carbonyl (C=O) groups excluding carboxylic acids is 2. The Morgan fingerprint density at radius 1 is 1.24 bits per heavy atom. The summed E-state index contributed by atoms with van der Waals surface area (Å²) in [7, 11) is 1.92. The van der Waals surface area contributed by atoms with Crippen LogP contribution in [0.2, 0.25) is 0 Å². The zero-order valence-corrected chi connectivity index (χ0v) is 13.5. The molecule has 3 amide bonds. The van der Waals surface area contributed by atoms with Gasteiger partial charge in [-0.3, -0.25) is 10.1 Å². The number of hydrogen-bond donors (Lipinski definition) is 3. The van der Waals surface area contributed by atoms with Gasteiger partial charge in [0.25, 0.3) is 5.91 Å². The van der Waals surface area contributed by atoms with Gasteiger partial charge in [0.05, 0.1) is 7.05 Å². The molecule has 116 valence electrons. The van der Waals surface area contributed by atoms with Crippen LogP contribution >= 0.6 is 0 Å². The average molecular weight is 292 g/mol. The average Bonchev–Trinajstić information content (AvgIpc) is 2.36. The fraction of sp³-hybridized carbons (Fsp3) is 0.500. The molecule has 1 aromatic carbocycles. The molecule has 0 saturated heterocycles. The molecule has 1 unspecified atom stereocenters. The van der Waals surface area contributed by atoms with E-state index in [2.05, 4.69) is 50.4 Å². The summed E-state index contributed by atoms with van der Waals surface area (Å²) in [5.74, 6) is -0.355. The van der Waals surface area contributed by atoms with Crippen molar-refractivity contribution >= 4 is 11.9 Å². The Morgan fingerprint density at radius 2 is 1.76 bits per heavy atom. The summed E-state index contributed by atoms with van der Waals surface area (Å²) in [6.45, 7) is 9.01. The van der Waals surface area contributed by atoms with Crippen molar-refractivity contribution < 1.29 is 14.5 Å². The third kappa shape index (κ3) is 5.19. The maximum Gasteiger partial charge on any atom is 0.319 e. The molecule has 0 heterocycles. The number of hydrogen-bond acceptors (Lipinski definition) is 2. The van der Waals surface area contributed by atoms with Crippen molar-refractivity contribution in [2.24, 2.45) is 5.73 Å². The summed E-state index contributed by atoms with van der Waals surface area (Å²) in [6, 6.07) is 7.26. The van der Waals surface area contributed by atoms with Crippen molar-refractivity contribution in [1.29, 1.82) is 0 Å². The lowest BCUT2D eigenvalue weighted by atomic mass is 9.87. The Balaban J connectivity index is 2.68. The van der Waals surface area contributed by atoms with Gasteiger partial charge in [-0.15, -0.1) is 0 Å². The summed E-state index contributed by atoms with van der Waals surface area (Å²) in [5.41, 5.74) is 7.53. The van der Waals surface area contributed by atoms with Crippen molar-refractivity contribution in [2.75, 3.05) is 7.05 Å². The van der Waals surface area contributed by atoms with Crippen molar-refractivity contribution in [3.8, 4) is 0 Å². The summed E-state index contributed by atoms with van der Waals surface area (Å²) in [5, 5.41) is 2.12. The molecular formula is C16H26N3O2+. The Hall–Kier alpha value is -1.88. The lowest BCUT2D eigenvalue weighted by Crippen LogP contribution is -3.12. The monoisotopic (exact) mass is 292 g/mol. The first-order chi connectivity index (χ1) is 9.61. The number of likely N-dealkylation sites (N-methyl/N-ethyl adjacent to an activating group) is 1. The van der Waals surface area contributed by atoms with Gasteiger partial charge in [-0.1, -0.05) is 45.0 Å². The highest BCUT2D eigenvalue weighted by molar-refractivity contribution is 5.95. The zero-order valence-electron chi connectivity index (χ0n) is 13.5. The molecule has 0 bridgehead atoms. The van der Waals surface area contributed by atoms with Gasteiger partial charge in [0.15, 0.2) is 6.04 Å². The normalized spacial score (nSPS) is 14.3. The number of primary amides is 1. The van der Waals surface area contributed by atoms with Crippen molar-refractivity contribution in [3.05, 3.63) is 35.4 Å². The van der Waals surface area contributed by atoms with E-state index in [1.807, 2.05) is 7.05 Å². The fourth-order valence-electron chi connectivity index (χ4n) is 2.05. The molecule has 2 atom stereocenters. The molecule has 4 N–H and O–H groups in total. The smallest absolute Gasteiger partial charge is 0.319 e. The molecule has 0 aliphatic carbocycles. The second kappa shape index (κ2) is 6.72. The van der Waals surface area contributed by atoms with Crippen LogP contribution in [0.25, 0.3) is 0 Å². The third-order valence-corrected chi connectivity index (χ3v) is 3.68. The Labute approximate surface area is 126 Å². The molecule has 0 spiro atoms. The summed E-state index contributed by atoms with van der Waals surface area (Å²) in [6.07, 6.45) is 0. The summed E-state index contributed by atoms with van der Waals surface area (Å²) >= 11 is 0. The van der Waals surface area contributed by atoms with Gasteiger partial charge in [-0.05, 0) is 17.9 Å². The van der Waals surface area contributed by atoms with E-state index >= 15 is 0 Å². The number of rotatable bonds is 4. The maximum atomic E-state index is 11.7. The van der Waals surface area contributed by atoms with E-state index in [1.165, 1.54) is 5.56 Å². The van der Waals surface area contributed by atoms with E-state index in [0.29, 0.717) is 6.54 Å². The van der Waals surface area contributed by atoms with Crippen LogP contribution in [0.1, 0.15) is 38.8 Å². The molecule has 1 aromatic rings. The van der Waals surface area contributed by atoms with E-state index in [1.54, 1.807) is 6.92 Å². The topological polar surface area (TPSA) is 76.6 Å². The number of benzene rings is 1. The minimum Gasteiger partial charge on any atom is -0.351 e. The number of nitrogens with two attached hydrogens (primary N) is 1. The van der Waals surface area contributed by atoms with Crippen LogP contribution in [-0.4, -0.2) is 25.0 Å². The molecule has 0 aliphatic heterocycles. The van der Waals surface area contributed by atoms with E-state index in [9.17, 15) is 9.59 Å². The van der Waals surface area contributed by atoms with E-state index in [4.69, 9.17) is 5.73 Å². The first kappa shape index (κ1) is 17.2. The standard InChI is InChI=1S/C16H25N3O2/c1-11(14(20)18-15(17)21)19(5)10-12-6-8-13(9-7-12)16(2,3)4/h6-9,11H,10H2,1-5H3,(H3,17,18,20,21)/p+1/t11-/m0/s1. The molecule has 5 nitrogen and oxygen atoms in total. The minimum absolute atomic E-state index is 0.131. The molecule has 0 aromatic heterocycles. The number of imide groups is 1. The second-order valence-electron chi connectivity index (χ2n) is 6.55. The van der Waals surface area contributed by atoms with Gasteiger partial charge < -0.3 is 10.6 Å². The molecule has 21 heavy (non-hydrogen) atoms. The van der Waals surface area contributed by atoms with E-state index < -0.39 is 6.03 Å². The molecule has 1 rings (SSSR count). The Morgan fingerprint density at radius 3 is 2.19 bits per heavy atom. The number of nitrogens with one attached hydrogen (secondary N) is 2. The second-order valence-corrected chi connectivity index (χ2v) is 6.55. The predicted octanol–water partition coefficient (Wildman–Crippen LogP) is 0.582. The highest BCUT2D eigenvalue weighted by Gasteiger charge is 2.23. The van der Waals surface area contributed by atoms with Gasteiger partial charge in [0, 0.05) is 5.56 Å². The quantitative estimate of drug-likeness (QED) is 0.759. The van der Waals surface area contributed by atoms with E-state index in [0.717, 1.165) is 10.5 Å². The molecule has 0 radical (unpaired) electrons. The molecule has 0 aliphatic rings. The SMILES string of the molecule is C[C@@H](C(=O)NC(N)=O)[NH+](C)Cc1ccc(C(C)(C)C)cc1. The maximum absolute atomic E-state index is 11.7. The van der Waals surface area contributed by atoms with Gasteiger partial charge >= 0.3 is 6.03 Å². The van der Waals surface area contributed by atoms with E-state index in [-0.39, 0.29) is 17.4 Å². The van der Waals surface area contributed by atoms with Crippen LogP contribution in [-0.2, 0) is 16.8 Å². The molecular weight excluding hydrogens is 266 g/mol. The number of amides is 3. The first-order valence-electron chi connectivity index (χ1n) is 7.13. The largest absolute Gasteiger partial charge is 0.351 e. The fourth-order valence-corrected chi connectivity index (χ4v) is 2.05. The number of quaternary nitrogens is 1. The van der Waals surface area contributed by atoms with Gasteiger partial charge in [0.2, 0.25) is 0 Å². The lowest BCUT2D eigenvalue weighted by Gasteiger charge is -2.22. The number of urea groups is 1. The molecule has 5 heteroatoms. The Kier molecular flexibility index (Phi) is 5.49. The number of carbonyl (C=O) groups is 2. The predicted molar refractivity (Wildman–Crippen MR) is 82.9 cm³/mol. The summed E-state index contributed by atoms with van der Waals surface area (Å²) in [4.78, 5) is 23.4. The van der Waals surface area contributed by atoms with Crippen LogP contribution in [0.3, 0.4) is 0 Å². The van der Waals surface area contributed by atoms with Crippen LogP contribution in [0.15, 0.2) is 24.3 Å². The third-order valence-electron chi connectivity index (χ3n) is 3.68. The van der Waals surface area contributed by atoms with Crippen LogP contribution in [0, 0.1) is 0 Å². The van der Waals surface area contributed by atoms with Crippen LogP contribution in [0.5, 0.6) is 0 Å². The first-order valence-corrected chi connectivity index (χ1v) is 7.13.